The van der Waals surface area contributed by atoms with Crippen molar-refractivity contribution in [2.45, 2.75) is 12.1 Å². The zero-order chi connectivity index (χ0) is 21.0. The third-order valence-electron chi connectivity index (χ3n) is 3.73. The van der Waals surface area contributed by atoms with Gasteiger partial charge in [0.15, 0.2) is 17.3 Å². The molecule has 0 spiro atoms. The molecule has 0 aliphatic heterocycles. The van der Waals surface area contributed by atoms with Gasteiger partial charge in [-0.1, -0.05) is 35.0 Å². The van der Waals surface area contributed by atoms with E-state index < -0.39 is 0 Å². The Hall–Kier alpha value is -2.49. The predicted octanol–water partition coefficient (Wildman–Crippen LogP) is 4.49. The molecule has 0 aliphatic carbocycles. The summed E-state index contributed by atoms with van der Waals surface area (Å²) in [7, 11) is 3.09. The molecule has 152 valence electrons. The first-order chi connectivity index (χ1) is 13.9. The van der Waals surface area contributed by atoms with Crippen LogP contribution >= 0.6 is 35.0 Å². The zero-order valence-corrected chi connectivity index (χ0v) is 18.0. The summed E-state index contributed by atoms with van der Waals surface area (Å²) >= 11 is 13.1. The fourth-order valence-electron chi connectivity index (χ4n) is 2.30. The maximum atomic E-state index is 12.2. The lowest BCUT2D eigenvalue weighted by atomic mass is 10.2. The number of methoxy groups -OCH3 is 2. The van der Waals surface area contributed by atoms with Gasteiger partial charge in [-0.25, -0.2) is 4.98 Å². The fraction of sp³-hybridized carbons (Fsp3) is 0.222. The molecule has 0 radical (unpaired) electrons. The van der Waals surface area contributed by atoms with Crippen molar-refractivity contribution in [3.05, 3.63) is 40.0 Å². The van der Waals surface area contributed by atoms with Crippen LogP contribution in [0.2, 0.25) is 10.0 Å². The van der Waals surface area contributed by atoms with Gasteiger partial charge in [-0.2, -0.15) is 0 Å². The van der Waals surface area contributed by atoms with Crippen LogP contribution in [0.4, 0.5) is 5.82 Å². The van der Waals surface area contributed by atoms with Gasteiger partial charge in [0.25, 0.3) is 5.22 Å². The minimum absolute atomic E-state index is 0.0350. The molecule has 0 saturated carbocycles. The van der Waals surface area contributed by atoms with Gasteiger partial charge >= 0.3 is 0 Å². The number of carbonyl (C=O) groups is 1. The van der Waals surface area contributed by atoms with Crippen LogP contribution in [0.25, 0.3) is 11.5 Å². The second kappa shape index (κ2) is 9.34. The van der Waals surface area contributed by atoms with Gasteiger partial charge in [0, 0.05) is 5.56 Å². The number of nitrogens with one attached hydrogen (secondary N) is 1. The van der Waals surface area contributed by atoms with Crippen molar-refractivity contribution in [2.24, 2.45) is 0 Å². The minimum atomic E-state index is -0.322. The first kappa shape index (κ1) is 21.2. The Bertz CT molecular complexity index is 1040. The summed E-state index contributed by atoms with van der Waals surface area (Å²) in [5, 5.41) is 11.5. The first-order valence-corrected chi connectivity index (χ1v) is 9.96. The molecule has 2 aromatic heterocycles. The largest absolute Gasteiger partial charge is 0.493 e. The number of aryl methyl sites for hydroxylation is 1. The van der Waals surface area contributed by atoms with Crippen molar-refractivity contribution >= 4 is 46.7 Å². The van der Waals surface area contributed by atoms with Gasteiger partial charge in [-0.05, 0) is 31.2 Å². The Morgan fingerprint density at radius 2 is 1.90 bits per heavy atom. The lowest BCUT2D eigenvalue weighted by molar-refractivity contribution is -0.113. The Morgan fingerprint density at radius 1 is 1.14 bits per heavy atom. The molecule has 0 atom stereocenters. The molecule has 0 fully saturated rings. The van der Waals surface area contributed by atoms with E-state index in [-0.39, 0.29) is 27.7 Å². The monoisotopic (exact) mass is 454 g/mol. The molecular formula is C18H16Cl2N4O4S. The van der Waals surface area contributed by atoms with Crippen molar-refractivity contribution in [1.29, 1.82) is 0 Å². The molecule has 0 saturated heterocycles. The molecule has 3 aromatic rings. The molecule has 0 aliphatic rings. The highest BCUT2D eigenvalue weighted by molar-refractivity contribution is 7.99. The number of hydrogen-bond donors (Lipinski definition) is 1. The second-order valence-corrected chi connectivity index (χ2v) is 7.41. The summed E-state index contributed by atoms with van der Waals surface area (Å²) < 4.78 is 16.1. The predicted molar refractivity (Wildman–Crippen MR) is 111 cm³/mol. The van der Waals surface area contributed by atoms with Crippen molar-refractivity contribution in [3.8, 4) is 23.0 Å². The van der Waals surface area contributed by atoms with Gasteiger partial charge in [0.1, 0.15) is 0 Å². The summed E-state index contributed by atoms with van der Waals surface area (Å²) in [6, 6.07) is 6.77. The highest BCUT2D eigenvalue weighted by Crippen LogP contribution is 2.32. The number of thioether (sulfide) groups is 1. The Morgan fingerprint density at radius 3 is 2.62 bits per heavy atom. The molecule has 1 aromatic carbocycles. The Balaban J connectivity index is 1.63. The minimum Gasteiger partial charge on any atom is -0.493 e. The lowest BCUT2D eigenvalue weighted by Gasteiger charge is -2.07. The summed E-state index contributed by atoms with van der Waals surface area (Å²) in [6.45, 7) is 1.72. The quantitative estimate of drug-likeness (QED) is 0.520. The van der Waals surface area contributed by atoms with Crippen LogP contribution in [0.5, 0.6) is 11.5 Å². The second-order valence-electron chi connectivity index (χ2n) is 5.67. The number of benzene rings is 1. The van der Waals surface area contributed by atoms with Crippen LogP contribution in [0.15, 0.2) is 33.9 Å². The van der Waals surface area contributed by atoms with Gasteiger partial charge in [-0.3, -0.25) is 4.79 Å². The SMILES string of the molecule is COc1ccc(-c2nnc(SCC(=O)Nc3nc(C)c(Cl)cc3Cl)o2)cc1OC. The standard InChI is InChI=1S/C18H16Cl2N4O4S/c1-9-11(19)7-12(20)16(21-9)22-15(25)8-29-18-24-23-17(28-18)10-4-5-13(26-2)14(6-10)27-3/h4-7H,8H2,1-3H3,(H,21,22,25). The Labute approximate surface area is 180 Å². The molecule has 1 N–H and O–H groups in total. The van der Waals surface area contributed by atoms with Crippen molar-refractivity contribution < 1.29 is 18.7 Å². The van der Waals surface area contributed by atoms with E-state index in [1.165, 1.54) is 6.07 Å². The molecule has 0 bridgehead atoms. The van der Waals surface area contributed by atoms with E-state index in [1.54, 1.807) is 39.3 Å². The summed E-state index contributed by atoms with van der Waals surface area (Å²) in [5.41, 5.74) is 1.23. The van der Waals surface area contributed by atoms with Crippen molar-refractivity contribution in [3.63, 3.8) is 0 Å². The average molecular weight is 455 g/mol. The molecule has 29 heavy (non-hydrogen) atoms. The van der Waals surface area contributed by atoms with Crippen molar-refractivity contribution in [1.82, 2.24) is 15.2 Å². The molecule has 3 rings (SSSR count). The highest BCUT2D eigenvalue weighted by Gasteiger charge is 2.15. The summed E-state index contributed by atoms with van der Waals surface area (Å²) in [6.07, 6.45) is 0. The maximum absolute atomic E-state index is 12.2. The number of amides is 1. The van der Waals surface area contributed by atoms with Crippen LogP contribution in [0.3, 0.4) is 0 Å². The maximum Gasteiger partial charge on any atom is 0.277 e. The number of anilines is 1. The number of halogens is 2. The highest BCUT2D eigenvalue weighted by atomic mass is 35.5. The van der Waals surface area contributed by atoms with Gasteiger partial charge in [0.05, 0.1) is 35.7 Å². The van der Waals surface area contributed by atoms with E-state index in [0.29, 0.717) is 33.7 Å². The number of nitrogens with zero attached hydrogens (tertiary/aromatic N) is 3. The van der Waals surface area contributed by atoms with Crippen LogP contribution in [-0.4, -0.2) is 41.1 Å². The van der Waals surface area contributed by atoms with Gasteiger partial charge in [-0.15, -0.1) is 10.2 Å². The van der Waals surface area contributed by atoms with Crippen molar-refractivity contribution in [2.75, 3.05) is 25.3 Å². The number of pyridine rings is 1. The topological polar surface area (TPSA) is 99.4 Å². The van der Waals surface area contributed by atoms with E-state index in [9.17, 15) is 4.79 Å². The lowest BCUT2D eigenvalue weighted by Crippen LogP contribution is -2.15. The van der Waals surface area contributed by atoms with Gasteiger partial charge in [0.2, 0.25) is 11.8 Å². The average Bonchev–Trinajstić information content (AvgIpc) is 3.19. The van der Waals surface area contributed by atoms with E-state index in [2.05, 4.69) is 20.5 Å². The number of ether oxygens (including phenoxy) is 2. The fourth-order valence-corrected chi connectivity index (χ4v) is 3.26. The van der Waals surface area contributed by atoms with Crippen LogP contribution in [0.1, 0.15) is 5.69 Å². The number of rotatable bonds is 7. The molecule has 11 heteroatoms. The normalized spacial score (nSPS) is 10.7. The van der Waals surface area contributed by atoms with Gasteiger partial charge < -0.3 is 19.2 Å². The molecule has 2 heterocycles. The third-order valence-corrected chi connectivity index (χ3v) is 5.22. The zero-order valence-electron chi connectivity index (χ0n) is 15.7. The number of aromatic nitrogens is 3. The van der Waals surface area contributed by atoms with E-state index in [0.717, 1.165) is 11.8 Å². The van der Waals surface area contributed by atoms with E-state index in [1.807, 2.05) is 0 Å². The van der Waals surface area contributed by atoms with Crippen LogP contribution < -0.4 is 14.8 Å². The number of carbonyl (C=O) groups excluding carboxylic acids is 1. The Kier molecular flexibility index (Phi) is 6.83. The molecular weight excluding hydrogens is 439 g/mol. The third kappa shape index (κ3) is 5.11. The van der Waals surface area contributed by atoms with E-state index >= 15 is 0 Å². The molecule has 0 unspecified atom stereocenters. The molecule has 8 nitrogen and oxygen atoms in total. The number of hydrogen-bond acceptors (Lipinski definition) is 8. The van der Waals surface area contributed by atoms with Crippen LogP contribution in [0, 0.1) is 6.92 Å². The molecule has 1 amide bonds. The van der Waals surface area contributed by atoms with E-state index in [4.69, 9.17) is 37.1 Å². The van der Waals surface area contributed by atoms with Crippen LogP contribution in [-0.2, 0) is 4.79 Å². The summed E-state index contributed by atoms with van der Waals surface area (Å²) in [5.74, 6) is 1.39. The smallest absolute Gasteiger partial charge is 0.277 e. The first-order valence-electron chi connectivity index (χ1n) is 8.22. The summed E-state index contributed by atoms with van der Waals surface area (Å²) in [4.78, 5) is 16.3.